The molecule has 14 nitrogen and oxygen atoms in total. The van der Waals surface area contributed by atoms with Gasteiger partial charge in [0.2, 0.25) is 23.6 Å². The molecule has 4 aliphatic heterocycles. The molecule has 0 radical (unpaired) electrons. The number of aliphatic hydroxyl groups is 1. The number of hydrogen-bond acceptors (Lipinski definition) is 10. The fourth-order valence-corrected chi connectivity index (χ4v) is 12.3. The van der Waals surface area contributed by atoms with Crippen LogP contribution < -0.4 is 20.7 Å². The minimum absolute atomic E-state index is 0.0196. The maximum atomic E-state index is 14.1. The van der Waals surface area contributed by atoms with Gasteiger partial charge in [0.25, 0.3) is 5.91 Å². The number of ether oxygens (including phenoxy) is 1. The Labute approximate surface area is 409 Å². The van der Waals surface area contributed by atoms with Crippen LogP contribution >= 0.6 is 0 Å². The van der Waals surface area contributed by atoms with E-state index in [1.165, 1.54) is 11.0 Å². The first-order chi connectivity index (χ1) is 33.9. The number of pyridine rings is 1. The lowest BCUT2D eigenvalue weighted by Gasteiger charge is -2.39. The lowest BCUT2D eigenvalue weighted by Crippen LogP contribution is -2.53. The summed E-state index contributed by atoms with van der Waals surface area (Å²) in [7, 11) is 0. The second-order valence-corrected chi connectivity index (χ2v) is 20.9. The second-order valence-electron chi connectivity index (χ2n) is 20.9. The molecule has 1 aromatic heterocycles. The lowest BCUT2D eigenvalue weighted by molar-refractivity contribution is -0.140. The Morgan fingerprint density at radius 2 is 1.54 bits per heavy atom. The summed E-state index contributed by atoms with van der Waals surface area (Å²) in [5.41, 5.74) is 4.39. The highest BCUT2D eigenvalue weighted by Crippen LogP contribution is 2.42. The number of imide groups is 1. The zero-order valence-electron chi connectivity index (χ0n) is 40.1. The Bertz CT molecular complexity index is 2580. The highest BCUT2D eigenvalue weighted by atomic mass is 19.1. The predicted octanol–water partition coefficient (Wildman–Crippen LogP) is 7.93. The highest BCUT2D eigenvalue weighted by Gasteiger charge is 2.44. The first-order valence-corrected chi connectivity index (χ1v) is 25.8. The van der Waals surface area contributed by atoms with Crippen molar-refractivity contribution in [2.24, 2.45) is 23.7 Å². The molecule has 70 heavy (non-hydrogen) atoms. The van der Waals surface area contributed by atoms with Gasteiger partial charge in [-0.05, 0) is 168 Å². The number of nitrogens with zero attached hydrogens (tertiary/aromatic N) is 4. The van der Waals surface area contributed by atoms with Crippen molar-refractivity contribution in [3.63, 3.8) is 0 Å². The number of aromatic nitrogens is 1. The van der Waals surface area contributed by atoms with E-state index in [0.29, 0.717) is 36.1 Å². The Morgan fingerprint density at radius 3 is 2.27 bits per heavy atom. The van der Waals surface area contributed by atoms with Gasteiger partial charge in [-0.2, -0.15) is 0 Å². The molecule has 3 atom stereocenters. The molecule has 5 amide bonds. The number of hydrogen-bond donors (Lipinski definition) is 4. The van der Waals surface area contributed by atoms with Gasteiger partial charge in [0.1, 0.15) is 23.7 Å². The Morgan fingerprint density at radius 1 is 0.814 bits per heavy atom. The van der Waals surface area contributed by atoms with E-state index < -0.39 is 24.1 Å². The summed E-state index contributed by atoms with van der Waals surface area (Å²) in [5, 5.41) is 20.8. The standard InChI is InChI=1S/C55H66FN7O7/c1-33(35-4-6-36(7-5-35)44-20-25-57-48-17-8-38(56)30-46(44)48)51(65)59-40-11-14-42(15-12-40)70-43-23-28-62(29-24-43)53(67)37-21-26-61(27-22-37)32-34-2-9-39(10-3-34)58-41-13-16-45-47(31-41)55(69)63(54(45)68)49-18-19-50(64)60-52(49)66/h8,11-17,20,25,30-31,33-37,39,43,49,54,58,68H,2-7,9-10,18-19,21-24,26-29,32H2,1H3,(H,59,65)(H,60,64,66)/t33-,34-,35-,36+,39-,49?,54?/m1/s1. The third-order valence-electron chi connectivity index (χ3n) is 16.5. The van der Waals surface area contributed by atoms with E-state index in [9.17, 15) is 33.5 Å². The minimum atomic E-state index is -1.23. The van der Waals surface area contributed by atoms with Crippen molar-refractivity contribution in [1.82, 2.24) is 25.0 Å². The number of carbonyl (C=O) groups excluding carboxylic acids is 5. The van der Waals surface area contributed by atoms with Gasteiger partial charge in [-0.25, -0.2) is 4.39 Å². The van der Waals surface area contributed by atoms with Gasteiger partial charge in [0, 0.05) is 90.9 Å². The number of benzene rings is 3. The quantitative estimate of drug-likeness (QED) is 0.102. The van der Waals surface area contributed by atoms with Crippen LogP contribution in [-0.2, 0) is 19.2 Å². The molecule has 6 aliphatic rings. The maximum absolute atomic E-state index is 14.1. The van der Waals surface area contributed by atoms with E-state index in [1.54, 1.807) is 24.3 Å². The molecule has 3 saturated heterocycles. The molecule has 4 N–H and O–H groups in total. The third-order valence-corrected chi connectivity index (χ3v) is 16.5. The number of nitrogens with one attached hydrogen (secondary N) is 3. The number of likely N-dealkylation sites (tertiary alicyclic amines) is 2. The fraction of sp³-hybridized carbons (Fsp3) is 0.527. The van der Waals surface area contributed by atoms with E-state index in [0.717, 1.165) is 130 Å². The molecule has 4 aromatic rings. The first kappa shape index (κ1) is 47.7. The Hall–Kier alpha value is -5.93. The molecular weight excluding hydrogens is 890 g/mol. The smallest absolute Gasteiger partial charge is 0.257 e. The van der Waals surface area contributed by atoms with Gasteiger partial charge >= 0.3 is 0 Å². The number of anilines is 2. The SMILES string of the molecule is C[C@@H](C(=O)Nc1ccc(OC2CCN(C(=O)C3CCN(C[C@H]4CC[C@H](Nc5ccc6c(c5)C(=O)N(C5CCC(=O)NC5=O)C6O)CC4)CC3)CC2)cc1)[C@H]1CC[C@@H](c2ccnc3ccc(F)cc32)CC1. The van der Waals surface area contributed by atoms with Crippen LogP contribution in [0.2, 0.25) is 0 Å². The number of rotatable bonds is 12. The summed E-state index contributed by atoms with van der Waals surface area (Å²) >= 11 is 0. The number of aliphatic hydroxyl groups excluding tert-OH is 1. The van der Waals surface area contributed by atoms with E-state index in [-0.39, 0.29) is 66.3 Å². The minimum Gasteiger partial charge on any atom is -0.490 e. The summed E-state index contributed by atoms with van der Waals surface area (Å²) in [6.07, 6.45) is 12.3. The zero-order valence-corrected chi connectivity index (χ0v) is 40.1. The molecule has 2 unspecified atom stereocenters. The molecule has 5 heterocycles. The van der Waals surface area contributed by atoms with Gasteiger partial charge in [-0.1, -0.05) is 13.0 Å². The molecular formula is C55H66FN7O7. The van der Waals surface area contributed by atoms with Crippen LogP contribution in [0.4, 0.5) is 15.8 Å². The lowest BCUT2D eigenvalue weighted by atomic mass is 9.73. The Balaban J connectivity index is 0.605. The summed E-state index contributed by atoms with van der Waals surface area (Å²) in [6.45, 7) is 6.32. The van der Waals surface area contributed by atoms with Crippen molar-refractivity contribution >= 4 is 51.8 Å². The van der Waals surface area contributed by atoms with Crippen molar-refractivity contribution in [3.8, 4) is 5.75 Å². The van der Waals surface area contributed by atoms with Crippen LogP contribution in [0.15, 0.2) is 72.9 Å². The normalized spacial score (nSPS) is 26.4. The third kappa shape index (κ3) is 10.4. The van der Waals surface area contributed by atoms with Crippen LogP contribution in [0.25, 0.3) is 10.9 Å². The van der Waals surface area contributed by atoms with Gasteiger partial charge in [-0.3, -0.25) is 39.2 Å². The number of carbonyl (C=O) groups is 5. The van der Waals surface area contributed by atoms with Crippen LogP contribution in [0.3, 0.4) is 0 Å². The van der Waals surface area contributed by atoms with Gasteiger partial charge in [-0.15, -0.1) is 0 Å². The molecule has 0 spiro atoms. The predicted molar refractivity (Wildman–Crippen MR) is 263 cm³/mol. The number of amides is 5. The monoisotopic (exact) mass is 956 g/mol. The average Bonchev–Trinajstić information content (AvgIpc) is 3.62. The van der Waals surface area contributed by atoms with Crippen molar-refractivity contribution in [2.75, 3.05) is 43.4 Å². The average molecular weight is 956 g/mol. The van der Waals surface area contributed by atoms with Crippen LogP contribution in [0.5, 0.6) is 5.75 Å². The van der Waals surface area contributed by atoms with Gasteiger partial charge in [0.15, 0.2) is 6.23 Å². The summed E-state index contributed by atoms with van der Waals surface area (Å²) < 4.78 is 20.4. The van der Waals surface area contributed by atoms with E-state index in [2.05, 4.69) is 25.8 Å². The van der Waals surface area contributed by atoms with Gasteiger partial charge in [0.05, 0.1) is 5.52 Å². The van der Waals surface area contributed by atoms with Crippen molar-refractivity contribution < 1.29 is 38.2 Å². The van der Waals surface area contributed by atoms with Crippen LogP contribution in [0, 0.1) is 29.5 Å². The number of halogens is 1. The fourth-order valence-electron chi connectivity index (χ4n) is 12.3. The van der Waals surface area contributed by atoms with Gasteiger partial charge < -0.3 is 30.3 Å². The van der Waals surface area contributed by atoms with E-state index in [1.807, 2.05) is 54.4 Å². The van der Waals surface area contributed by atoms with Crippen LogP contribution in [0.1, 0.15) is 130 Å². The maximum Gasteiger partial charge on any atom is 0.257 e. The molecule has 2 saturated carbocycles. The first-order valence-electron chi connectivity index (χ1n) is 25.8. The molecule has 3 aromatic carbocycles. The topological polar surface area (TPSA) is 174 Å². The van der Waals surface area contributed by atoms with Crippen LogP contribution in [-0.4, -0.2) is 105 Å². The molecule has 0 bridgehead atoms. The Kier molecular flexibility index (Phi) is 14.2. The molecule has 10 rings (SSSR count). The van der Waals surface area contributed by atoms with Crippen molar-refractivity contribution in [3.05, 3.63) is 95.4 Å². The number of piperidine rings is 3. The molecule has 5 fully saturated rings. The largest absolute Gasteiger partial charge is 0.490 e. The summed E-state index contributed by atoms with van der Waals surface area (Å²) in [6, 6.07) is 19.2. The molecule has 370 valence electrons. The molecule has 15 heteroatoms. The second kappa shape index (κ2) is 20.8. The highest BCUT2D eigenvalue weighted by molar-refractivity contribution is 6.06. The number of fused-ring (bicyclic) bond motifs is 2. The summed E-state index contributed by atoms with van der Waals surface area (Å²) in [5.74, 6) is 0.626. The van der Waals surface area contributed by atoms with Crippen molar-refractivity contribution in [1.29, 1.82) is 0 Å². The zero-order chi connectivity index (χ0) is 48.5. The molecule has 2 aliphatic carbocycles. The van der Waals surface area contributed by atoms with Crippen molar-refractivity contribution in [2.45, 2.75) is 127 Å². The van der Waals surface area contributed by atoms with E-state index in [4.69, 9.17) is 4.74 Å². The van der Waals surface area contributed by atoms with E-state index >= 15 is 0 Å². The summed E-state index contributed by atoms with van der Waals surface area (Å²) in [4.78, 5) is 74.7.